The van der Waals surface area contributed by atoms with Gasteiger partial charge in [-0.25, -0.2) is 0 Å². The van der Waals surface area contributed by atoms with Gasteiger partial charge in [0.05, 0.1) is 0 Å². The molecule has 0 aromatic rings. The van der Waals surface area contributed by atoms with Gasteiger partial charge in [-0.05, 0) is 39.3 Å². The third-order valence-corrected chi connectivity index (χ3v) is 3.66. The molecule has 0 aromatic carbocycles. The zero-order chi connectivity index (χ0) is 11.1. The quantitative estimate of drug-likeness (QED) is 0.622. The predicted octanol–water partition coefficient (Wildman–Crippen LogP) is 2.64. The summed E-state index contributed by atoms with van der Waals surface area (Å²) < 4.78 is 0. The lowest BCUT2D eigenvalue weighted by atomic mass is 9.90. The van der Waals surface area contributed by atoms with Gasteiger partial charge < -0.3 is 5.32 Å². The van der Waals surface area contributed by atoms with Crippen LogP contribution >= 0.6 is 0 Å². The molecule has 0 amide bonds. The minimum absolute atomic E-state index is 0.756. The smallest absolute Gasteiger partial charge is 0.0220 e. The van der Waals surface area contributed by atoms with E-state index >= 15 is 0 Å². The first-order valence-electron chi connectivity index (χ1n) is 6.72. The molecular weight excluding hydrogens is 184 g/mol. The van der Waals surface area contributed by atoms with Gasteiger partial charge in [-0.2, -0.15) is 0 Å². The topological polar surface area (TPSA) is 15.3 Å². The molecule has 0 bridgehead atoms. The first-order valence-corrected chi connectivity index (χ1v) is 6.72. The number of rotatable bonds is 8. The Morgan fingerprint density at radius 2 is 2.00 bits per heavy atom. The Kier molecular flexibility index (Phi) is 6.26. The molecule has 0 saturated heterocycles. The maximum Gasteiger partial charge on any atom is 0.0220 e. The van der Waals surface area contributed by atoms with E-state index in [4.69, 9.17) is 0 Å². The fourth-order valence-corrected chi connectivity index (χ4v) is 2.32. The van der Waals surface area contributed by atoms with Crippen LogP contribution < -0.4 is 5.32 Å². The lowest BCUT2D eigenvalue weighted by molar-refractivity contribution is 0.103. The van der Waals surface area contributed by atoms with Crippen LogP contribution in [0.15, 0.2) is 0 Å². The molecule has 90 valence electrons. The van der Waals surface area contributed by atoms with E-state index in [1.807, 2.05) is 0 Å². The average molecular weight is 212 g/mol. The van der Waals surface area contributed by atoms with E-state index in [1.165, 1.54) is 51.6 Å². The van der Waals surface area contributed by atoms with Crippen molar-refractivity contribution in [1.82, 2.24) is 10.2 Å². The first-order chi connectivity index (χ1) is 7.29. The summed E-state index contributed by atoms with van der Waals surface area (Å²) in [6, 6.07) is 1.64. The molecule has 1 unspecified atom stereocenters. The molecule has 0 spiro atoms. The maximum atomic E-state index is 3.56. The van der Waals surface area contributed by atoms with Gasteiger partial charge in [0.2, 0.25) is 0 Å². The molecule has 0 aliphatic heterocycles. The summed E-state index contributed by atoms with van der Waals surface area (Å²) in [6.45, 7) is 6.87. The van der Waals surface area contributed by atoms with Crippen LogP contribution in [0.2, 0.25) is 0 Å². The van der Waals surface area contributed by atoms with Crippen LogP contribution in [-0.4, -0.2) is 37.1 Å². The van der Waals surface area contributed by atoms with E-state index in [0.717, 1.165) is 12.1 Å². The Balaban J connectivity index is 2.26. The van der Waals surface area contributed by atoms with Crippen LogP contribution in [-0.2, 0) is 0 Å². The highest BCUT2D eigenvalue weighted by Crippen LogP contribution is 2.25. The Hall–Kier alpha value is -0.0800. The SMILES string of the molecule is CCCNCC(CCC)N(C)C1CCC1. The van der Waals surface area contributed by atoms with E-state index in [0.29, 0.717) is 0 Å². The molecule has 0 radical (unpaired) electrons. The van der Waals surface area contributed by atoms with Crippen molar-refractivity contribution in [2.75, 3.05) is 20.1 Å². The highest BCUT2D eigenvalue weighted by atomic mass is 15.2. The number of nitrogens with zero attached hydrogens (tertiary/aromatic N) is 1. The minimum Gasteiger partial charge on any atom is -0.315 e. The molecule has 2 heteroatoms. The van der Waals surface area contributed by atoms with E-state index in [9.17, 15) is 0 Å². The summed E-state index contributed by atoms with van der Waals surface area (Å²) in [7, 11) is 2.32. The Morgan fingerprint density at radius 1 is 1.27 bits per heavy atom. The number of nitrogens with one attached hydrogen (secondary N) is 1. The molecule has 0 aromatic heterocycles. The summed E-state index contributed by atoms with van der Waals surface area (Å²) in [5, 5.41) is 3.56. The number of likely N-dealkylation sites (N-methyl/N-ethyl adjacent to an activating group) is 1. The highest BCUT2D eigenvalue weighted by molar-refractivity contribution is 4.83. The fraction of sp³-hybridized carbons (Fsp3) is 1.00. The molecule has 1 rings (SSSR count). The highest BCUT2D eigenvalue weighted by Gasteiger charge is 2.26. The molecule has 15 heavy (non-hydrogen) atoms. The van der Waals surface area contributed by atoms with Crippen molar-refractivity contribution in [3.63, 3.8) is 0 Å². The van der Waals surface area contributed by atoms with Crippen LogP contribution in [0.4, 0.5) is 0 Å². The Bertz CT molecular complexity index is 155. The third kappa shape index (κ3) is 4.12. The molecule has 1 N–H and O–H groups in total. The summed E-state index contributed by atoms with van der Waals surface area (Å²) in [4.78, 5) is 2.62. The van der Waals surface area contributed by atoms with Gasteiger partial charge in [0.25, 0.3) is 0 Å². The van der Waals surface area contributed by atoms with E-state index in [-0.39, 0.29) is 0 Å². The summed E-state index contributed by atoms with van der Waals surface area (Å²) in [5.41, 5.74) is 0. The second kappa shape index (κ2) is 7.24. The second-order valence-corrected chi connectivity index (χ2v) is 4.90. The van der Waals surface area contributed by atoms with Gasteiger partial charge in [0, 0.05) is 18.6 Å². The van der Waals surface area contributed by atoms with Crippen LogP contribution in [0.5, 0.6) is 0 Å². The predicted molar refractivity (Wildman–Crippen MR) is 67.3 cm³/mol. The monoisotopic (exact) mass is 212 g/mol. The second-order valence-electron chi connectivity index (χ2n) is 4.90. The summed E-state index contributed by atoms with van der Waals surface area (Å²) in [5.74, 6) is 0. The zero-order valence-electron chi connectivity index (χ0n) is 10.8. The van der Waals surface area contributed by atoms with Gasteiger partial charge in [-0.15, -0.1) is 0 Å². The standard InChI is InChI=1S/C13H28N2/c1-4-7-13(11-14-10-5-2)15(3)12-8-6-9-12/h12-14H,4-11H2,1-3H3. The van der Waals surface area contributed by atoms with Gasteiger partial charge in [0.15, 0.2) is 0 Å². The molecule has 1 atom stereocenters. The molecule has 0 heterocycles. The lowest BCUT2D eigenvalue weighted by Crippen LogP contribution is -2.48. The van der Waals surface area contributed by atoms with Crippen molar-refractivity contribution < 1.29 is 0 Å². The largest absolute Gasteiger partial charge is 0.315 e. The van der Waals surface area contributed by atoms with Crippen molar-refractivity contribution in [3.05, 3.63) is 0 Å². The molecule has 1 aliphatic carbocycles. The van der Waals surface area contributed by atoms with E-state index in [1.54, 1.807) is 0 Å². The fourth-order valence-electron chi connectivity index (χ4n) is 2.32. The third-order valence-electron chi connectivity index (χ3n) is 3.66. The van der Waals surface area contributed by atoms with Crippen molar-refractivity contribution >= 4 is 0 Å². The molecule has 1 aliphatic rings. The first kappa shape index (κ1) is 13.0. The van der Waals surface area contributed by atoms with E-state index in [2.05, 4.69) is 31.1 Å². The maximum absolute atomic E-state index is 3.56. The van der Waals surface area contributed by atoms with Crippen LogP contribution in [0.25, 0.3) is 0 Å². The van der Waals surface area contributed by atoms with Gasteiger partial charge in [-0.3, -0.25) is 4.90 Å². The van der Waals surface area contributed by atoms with Crippen molar-refractivity contribution in [2.24, 2.45) is 0 Å². The van der Waals surface area contributed by atoms with Crippen LogP contribution in [0.3, 0.4) is 0 Å². The normalized spacial score (nSPS) is 19.2. The van der Waals surface area contributed by atoms with Crippen molar-refractivity contribution in [3.8, 4) is 0 Å². The van der Waals surface area contributed by atoms with Crippen molar-refractivity contribution in [2.45, 2.75) is 64.5 Å². The van der Waals surface area contributed by atoms with Crippen LogP contribution in [0, 0.1) is 0 Å². The van der Waals surface area contributed by atoms with Crippen LogP contribution in [0.1, 0.15) is 52.4 Å². The Morgan fingerprint density at radius 3 is 2.47 bits per heavy atom. The molecular formula is C13H28N2. The van der Waals surface area contributed by atoms with E-state index < -0.39 is 0 Å². The summed E-state index contributed by atoms with van der Waals surface area (Å²) in [6.07, 6.45) is 8.16. The van der Waals surface area contributed by atoms with Gasteiger partial charge in [0.1, 0.15) is 0 Å². The molecule has 1 fully saturated rings. The average Bonchev–Trinajstić information content (AvgIpc) is 2.14. The zero-order valence-corrected chi connectivity index (χ0v) is 10.8. The Labute approximate surface area is 95.4 Å². The molecule has 1 saturated carbocycles. The van der Waals surface area contributed by atoms with Gasteiger partial charge >= 0.3 is 0 Å². The summed E-state index contributed by atoms with van der Waals surface area (Å²) >= 11 is 0. The lowest BCUT2D eigenvalue weighted by Gasteiger charge is -2.40. The minimum atomic E-state index is 0.756. The van der Waals surface area contributed by atoms with Crippen molar-refractivity contribution in [1.29, 1.82) is 0 Å². The van der Waals surface area contributed by atoms with Gasteiger partial charge in [-0.1, -0.05) is 26.7 Å². The number of hydrogen-bond acceptors (Lipinski definition) is 2. The molecule has 2 nitrogen and oxygen atoms in total. The number of hydrogen-bond donors (Lipinski definition) is 1.